The lowest BCUT2D eigenvalue weighted by Crippen LogP contribution is -2.32. The first-order valence-electron chi connectivity index (χ1n) is 18.1. The molecule has 288 valence electrons. The molecule has 0 aromatic heterocycles. The number of allylic oxidation sites excluding steroid dienone is 3. The number of primary sulfonamides is 1. The van der Waals surface area contributed by atoms with Crippen molar-refractivity contribution in [1.82, 2.24) is 5.32 Å². The predicted octanol–water partition coefficient (Wildman–Crippen LogP) is 10.4. The van der Waals surface area contributed by atoms with Gasteiger partial charge in [0, 0.05) is 29.9 Å². The van der Waals surface area contributed by atoms with E-state index in [4.69, 9.17) is 5.14 Å². The third-order valence-corrected chi connectivity index (χ3v) is 9.04. The number of benzene rings is 4. The number of aryl methyl sites for hydroxylation is 4. The second-order valence-electron chi connectivity index (χ2n) is 12.2. The van der Waals surface area contributed by atoms with Crippen LogP contribution in [0, 0.1) is 27.7 Å². The fourth-order valence-corrected chi connectivity index (χ4v) is 5.66. The van der Waals surface area contributed by atoms with Crippen LogP contribution < -0.4 is 21.5 Å². The van der Waals surface area contributed by atoms with Crippen LogP contribution in [-0.4, -0.2) is 27.4 Å². The van der Waals surface area contributed by atoms with Crippen LogP contribution >= 0.6 is 0 Å². The SMILES string of the molecule is C/C=C(\C=C/C(C)NC(=O)c1ccc(NC)cc1C(C)CC)c1ccccc1S(N)(=O)=O.C=CN.CC.Cc1cccc(C)c1.Cc1ccccc1C. The fourth-order valence-electron chi connectivity index (χ4n) is 4.90. The standard InChI is InChI=1S/C25H33N3O3S.2C8H10.C2H5N.C2H6/c1-6-17(3)23-16-20(27-5)14-15-22(23)25(29)28-18(4)12-13-19(7-2)21-10-8-9-11-24(21)32(26,30)31;1-7-4-3-5-8(2)6-7;1-7-5-3-4-6-8(7)2;1-2-3;1-2/h7-18,27H,6H2,1-5H3,(H,28,29)(H2,26,30,31);2*3-6H,1-2H3;2H,1,3H2;1-2H3/b13-12-,19-7+;;;;. The highest BCUT2D eigenvalue weighted by atomic mass is 32.2. The predicted molar refractivity (Wildman–Crippen MR) is 230 cm³/mol. The Balaban J connectivity index is 0.00000103. The van der Waals surface area contributed by atoms with Crippen LogP contribution in [-0.2, 0) is 10.0 Å². The van der Waals surface area contributed by atoms with Crippen LogP contribution in [0.25, 0.3) is 5.57 Å². The van der Waals surface area contributed by atoms with Crippen LogP contribution in [0.5, 0.6) is 0 Å². The van der Waals surface area contributed by atoms with E-state index in [0.717, 1.165) is 17.7 Å². The maximum absolute atomic E-state index is 13.0. The third kappa shape index (κ3) is 17.9. The summed E-state index contributed by atoms with van der Waals surface area (Å²) in [5, 5.41) is 11.5. The van der Waals surface area contributed by atoms with Gasteiger partial charge in [-0.05, 0) is 107 Å². The average Bonchev–Trinajstić information content (AvgIpc) is 3.14. The summed E-state index contributed by atoms with van der Waals surface area (Å²) in [4.78, 5) is 13.1. The number of hydrogen-bond acceptors (Lipinski definition) is 5. The lowest BCUT2D eigenvalue weighted by Gasteiger charge is -2.18. The van der Waals surface area contributed by atoms with E-state index in [2.05, 4.69) is 113 Å². The highest BCUT2D eigenvalue weighted by molar-refractivity contribution is 7.89. The first kappa shape index (κ1) is 48.1. The van der Waals surface area contributed by atoms with E-state index in [9.17, 15) is 13.2 Å². The lowest BCUT2D eigenvalue weighted by atomic mass is 9.92. The molecule has 4 rings (SSSR count). The third-order valence-electron chi connectivity index (χ3n) is 8.07. The molecule has 0 aliphatic rings. The van der Waals surface area contributed by atoms with Crippen molar-refractivity contribution in [1.29, 1.82) is 0 Å². The maximum atomic E-state index is 13.0. The number of carbonyl (C=O) groups is 1. The Kier molecular flexibility index (Phi) is 23.5. The molecule has 8 heteroatoms. The number of nitrogens with two attached hydrogens (primary N) is 2. The maximum Gasteiger partial charge on any atom is 0.252 e. The van der Waals surface area contributed by atoms with Crippen molar-refractivity contribution in [2.24, 2.45) is 10.9 Å². The zero-order chi connectivity index (χ0) is 40.6. The van der Waals surface area contributed by atoms with E-state index in [-0.39, 0.29) is 22.8 Å². The minimum Gasteiger partial charge on any atom is -0.405 e. The van der Waals surface area contributed by atoms with Crippen molar-refractivity contribution in [2.75, 3.05) is 12.4 Å². The van der Waals surface area contributed by atoms with Crippen LogP contribution in [0.15, 0.2) is 127 Å². The Morgan fingerprint density at radius 3 is 1.79 bits per heavy atom. The molecule has 0 aliphatic heterocycles. The summed E-state index contributed by atoms with van der Waals surface area (Å²) in [5.74, 6) is 0.103. The molecule has 2 unspecified atom stereocenters. The minimum atomic E-state index is -3.85. The Labute approximate surface area is 321 Å². The molecule has 0 heterocycles. The van der Waals surface area contributed by atoms with Gasteiger partial charge in [0.05, 0.1) is 4.90 Å². The number of rotatable bonds is 9. The van der Waals surface area contributed by atoms with Gasteiger partial charge in [0.2, 0.25) is 10.0 Å². The van der Waals surface area contributed by atoms with Crippen molar-refractivity contribution < 1.29 is 13.2 Å². The Hall–Kier alpha value is -4.92. The van der Waals surface area contributed by atoms with E-state index < -0.39 is 10.0 Å². The van der Waals surface area contributed by atoms with Gasteiger partial charge >= 0.3 is 0 Å². The van der Waals surface area contributed by atoms with Gasteiger partial charge in [-0.25, -0.2) is 13.6 Å². The molecule has 0 radical (unpaired) electrons. The first-order chi connectivity index (χ1) is 25.1. The number of hydrogen-bond donors (Lipinski definition) is 4. The van der Waals surface area contributed by atoms with Gasteiger partial charge in [0.15, 0.2) is 0 Å². The van der Waals surface area contributed by atoms with Gasteiger partial charge in [-0.1, -0.05) is 130 Å². The van der Waals surface area contributed by atoms with Gasteiger partial charge in [0.25, 0.3) is 5.91 Å². The number of nitrogens with one attached hydrogen (secondary N) is 2. The van der Waals surface area contributed by atoms with Crippen LogP contribution in [0.4, 0.5) is 5.69 Å². The van der Waals surface area contributed by atoms with E-state index in [1.54, 1.807) is 24.3 Å². The zero-order valence-corrected chi connectivity index (χ0v) is 34.6. The summed E-state index contributed by atoms with van der Waals surface area (Å²) in [7, 11) is -2.00. The van der Waals surface area contributed by atoms with Gasteiger partial charge in [-0.3, -0.25) is 4.79 Å². The second kappa shape index (κ2) is 25.9. The van der Waals surface area contributed by atoms with Gasteiger partial charge in [-0.2, -0.15) is 0 Å². The fraction of sp³-hybridized carbons (Fsp3) is 0.311. The number of sulfonamides is 1. The van der Waals surface area contributed by atoms with Crippen LogP contribution in [0.3, 0.4) is 0 Å². The molecule has 6 N–H and O–H groups in total. The van der Waals surface area contributed by atoms with E-state index in [1.807, 2.05) is 65.1 Å². The molecule has 0 fully saturated rings. The van der Waals surface area contributed by atoms with Crippen molar-refractivity contribution in [2.45, 2.75) is 92.5 Å². The molecule has 7 nitrogen and oxygen atoms in total. The Morgan fingerprint density at radius 1 is 0.830 bits per heavy atom. The van der Waals surface area contributed by atoms with Crippen molar-refractivity contribution in [3.05, 3.63) is 161 Å². The Bertz CT molecular complexity index is 1820. The summed E-state index contributed by atoms with van der Waals surface area (Å²) >= 11 is 0. The minimum absolute atomic E-state index is 0.0669. The molecule has 0 spiro atoms. The second-order valence-corrected chi connectivity index (χ2v) is 13.8. The molecule has 4 aromatic carbocycles. The molecule has 0 aliphatic carbocycles. The topological polar surface area (TPSA) is 127 Å². The average molecular weight is 741 g/mol. The normalized spacial score (nSPS) is 11.7. The first-order valence-corrected chi connectivity index (χ1v) is 19.6. The molecule has 1 amide bonds. The summed E-state index contributed by atoms with van der Waals surface area (Å²) in [6.45, 7) is 23.5. The smallest absolute Gasteiger partial charge is 0.252 e. The zero-order valence-electron chi connectivity index (χ0n) is 33.8. The van der Waals surface area contributed by atoms with Gasteiger partial charge in [0.1, 0.15) is 0 Å². The van der Waals surface area contributed by atoms with E-state index in [1.165, 1.54) is 34.5 Å². The summed E-state index contributed by atoms with van der Waals surface area (Å²) in [6, 6.07) is 28.9. The largest absolute Gasteiger partial charge is 0.405 e. The quantitative estimate of drug-likeness (QED) is 0.127. The van der Waals surface area contributed by atoms with Crippen molar-refractivity contribution >= 4 is 27.2 Å². The number of amides is 1. The number of anilines is 1. The molecule has 0 saturated carbocycles. The molecule has 53 heavy (non-hydrogen) atoms. The van der Waals surface area contributed by atoms with E-state index >= 15 is 0 Å². The lowest BCUT2D eigenvalue weighted by molar-refractivity contribution is 0.0945. The number of carbonyl (C=O) groups excluding carboxylic acids is 1. The summed E-state index contributed by atoms with van der Waals surface area (Å²) in [6.07, 6.45) is 7.62. The highest BCUT2D eigenvalue weighted by Gasteiger charge is 2.18. The van der Waals surface area contributed by atoms with Crippen molar-refractivity contribution in [3.63, 3.8) is 0 Å². The molecular weight excluding hydrogens is 677 g/mol. The van der Waals surface area contributed by atoms with Crippen molar-refractivity contribution in [3.8, 4) is 0 Å². The van der Waals surface area contributed by atoms with Gasteiger partial charge < -0.3 is 16.4 Å². The van der Waals surface area contributed by atoms with E-state index in [0.29, 0.717) is 16.7 Å². The molecular formula is C45H64N4O3S. The summed E-state index contributed by atoms with van der Waals surface area (Å²) < 4.78 is 23.9. The molecule has 2 atom stereocenters. The Morgan fingerprint density at radius 2 is 1.36 bits per heavy atom. The van der Waals surface area contributed by atoms with Crippen LogP contribution in [0.1, 0.15) is 97.6 Å². The van der Waals surface area contributed by atoms with Gasteiger partial charge in [-0.15, -0.1) is 0 Å². The summed E-state index contributed by atoms with van der Waals surface area (Å²) in [5.41, 5.74) is 13.9. The van der Waals surface area contributed by atoms with Crippen LogP contribution in [0.2, 0.25) is 0 Å². The molecule has 4 aromatic rings. The monoisotopic (exact) mass is 740 g/mol. The molecule has 0 saturated heterocycles. The molecule has 0 bridgehead atoms. The highest BCUT2D eigenvalue weighted by Crippen LogP contribution is 2.27.